The highest BCUT2D eigenvalue weighted by Gasteiger charge is 2.47. The number of hydrogen-bond acceptors (Lipinski definition) is 4. The van der Waals surface area contributed by atoms with Gasteiger partial charge in [0.25, 0.3) is 0 Å². The molecular weight excluding hydrogens is 646 g/mol. The van der Waals surface area contributed by atoms with E-state index in [-0.39, 0.29) is 5.41 Å². The van der Waals surface area contributed by atoms with Crippen LogP contribution in [-0.2, 0) is 9.98 Å². The second-order valence-electron chi connectivity index (χ2n) is 14.4. The van der Waals surface area contributed by atoms with Gasteiger partial charge in [0.05, 0.1) is 0 Å². The summed E-state index contributed by atoms with van der Waals surface area (Å²) in [4.78, 5) is 15.0. The van der Waals surface area contributed by atoms with Gasteiger partial charge in [0.1, 0.15) is 8.07 Å². The first-order valence-corrected chi connectivity index (χ1v) is 21.9. The maximum Gasteiger partial charge on any atom is 0.171 e. The summed E-state index contributed by atoms with van der Waals surface area (Å²) in [7, 11) is -5.29. The van der Waals surface area contributed by atoms with Crippen molar-refractivity contribution in [1.82, 2.24) is 15.0 Å². The Bertz CT molecular complexity index is 2460. The molecule has 1 atom stereocenters. The molecule has 0 amide bonds. The Morgan fingerprint density at radius 1 is 0.500 bits per heavy atom. The van der Waals surface area contributed by atoms with Crippen LogP contribution in [-0.4, -0.2) is 23.0 Å². The molecule has 9 rings (SSSR count). The molecule has 50 heavy (non-hydrogen) atoms. The molecule has 4 nitrogen and oxygen atoms in total. The van der Waals surface area contributed by atoms with Gasteiger partial charge in [0.2, 0.25) is 0 Å². The summed E-state index contributed by atoms with van der Waals surface area (Å²) in [6, 6.07) is 50.1. The van der Waals surface area contributed by atoms with Crippen molar-refractivity contribution in [1.29, 1.82) is 0 Å². The van der Waals surface area contributed by atoms with E-state index in [2.05, 4.69) is 75.5 Å². The van der Waals surface area contributed by atoms with E-state index in [1.165, 1.54) is 27.1 Å². The van der Waals surface area contributed by atoms with Crippen molar-refractivity contribution in [3.63, 3.8) is 0 Å². The molecule has 0 aliphatic carbocycles. The van der Waals surface area contributed by atoms with Crippen molar-refractivity contribution >= 4 is 41.5 Å². The quantitative estimate of drug-likeness (QED) is 0.140. The lowest BCUT2D eigenvalue weighted by Gasteiger charge is -2.40. The lowest BCUT2D eigenvalue weighted by Crippen LogP contribution is -2.51. The molecule has 0 saturated carbocycles. The maximum atomic E-state index is 15.9. The summed E-state index contributed by atoms with van der Waals surface area (Å²) < 4.78 is 15.9. The molecular formula is C44H36N3OPSi. The largest absolute Gasteiger partial charge is 0.309 e. The van der Waals surface area contributed by atoms with E-state index in [0.717, 1.165) is 38.2 Å². The molecule has 0 spiro atoms. The van der Waals surface area contributed by atoms with Crippen molar-refractivity contribution in [3.05, 3.63) is 157 Å². The molecule has 2 aliphatic rings. The van der Waals surface area contributed by atoms with Gasteiger partial charge in [-0.3, -0.25) is 0 Å². The zero-order valence-electron chi connectivity index (χ0n) is 28.6. The first-order chi connectivity index (χ1) is 24.2. The third-order valence-electron chi connectivity index (χ3n) is 10.8. The van der Waals surface area contributed by atoms with Crippen LogP contribution in [0.2, 0.25) is 13.1 Å². The van der Waals surface area contributed by atoms with Crippen LogP contribution in [0.4, 0.5) is 0 Å². The van der Waals surface area contributed by atoms with E-state index in [4.69, 9.17) is 15.0 Å². The standard InChI is InChI=1S/C44H36N3OPSi/c1-44(2)35-22-14-15-23-37(35)49(48,32-20-12-7-13-21-32)38-27-34-33-26-31(24-25-39(33)50(3,4)40(34)28-36(38)44)43-46-41(29-16-8-5-9-17-29)45-42(47-43)30-18-10-6-11-19-30/h5-28H,1-4H3. The molecule has 0 fully saturated rings. The van der Waals surface area contributed by atoms with Gasteiger partial charge < -0.3 is 4.57 Å². The third kappa shape index (κ3) is 4.50. The number of rotatable bonds is 4. The van der Waals surface area contributed by atoms with Gasteiger partial charge >= 0.3 is 0 Å². The van der Waals surface area contributed by atoms with Crippen molar-refractivity contribution in [2.45, 2.75) is 32.4 Å². The summed E-state index contributed by atoms with van der Waals surface area (Å²) in [5.74, 6) is 1.92. The zero-order chi connectivity index (χ0) is 34.3. The predicted molar refractivity (Wildman–Crippen MR) is 210 cm³/mol. The number of hydrogen-bond donors (Lipinski definition) is 0. The van der Waals surface area contributed by atoms with E-state index < -0.39 is 15.2 Å². The van der Waals surface area contributed by atoms with Crippen LogP contribution in [0.25, 0.3) is 45.3 Å². The molecule has 1 aromatic heterocycles. The monoisotopic (exact) mass is 681 g/mol. The Hall–Kier alpha value is -5.22. The van der Waals surface area contributed by atoms with Gasteiger partial charge in [-0.2, -0.15) is 0 Å². The first-order valence-electron chi connectivity index (χ1n) is 17.1. The van der Waals surface area contributed by atoms with E-state index in [1.807, 2.05) is 97.1 Å². The Balaban J connectivity index is 1.27. The predicted octanol–water partition coefficient (Wildman–Crippen LogP) is 7.95. The molecule has 7 aromatic rings. The number of aromatic nitrogens is 3. The van der Waals surface area contributed by atoms with Gasteiger partial charge in [-0.05, 0) is 44.8 Å². The van der Waals surface area contributed by atoms with Crippen LogP contribution in [0.1, 0.15) is 25.0 Å². The van der Waals surface area contributed by atoms with Gasteiger partial charge in [-0.1, -0.05) is 160 Å². The summed E-state index contributed by atoms with van der Waals surface area (Å²) in [6.45, 7) is 9.45. The van der Waals surface area contributed by atoms with E-state index in [0.29, 0.717) is 17.5 Å². The Morgan fingerprint density at radius 2 is 1.02 bits per heavy atom. The molecule has 0 bridgehead atoms. The lowest BCUT2D eigenvalue weighted by molar-refractivity contribution is 0.586. The molecule has 0 saturated heterocycles. The summed E-state index contributed by atoms with van der Waals surface area (Å²) >= 11 is 0. The molecule has 2 aliphatic heterocycles. The van der Waals surface area contributed by atoms with Crippen LogP contribution in [0.3, 0.4) is 0 Å². The SMILES string of the molecule is CC1(C)c2ccccc2P(=O)(c2ccccc2)c2cc3c(cc21)[Si](C)(C)c1ccc(-c2nc(-c4ccccc4)nc(-c4ccccc4)n2)cc1-3. The molecule has 0 radical (unpaired) electrons. The van der Waals surface area contributed by atoms with Crippen LogP contribution in [0.15, 0.2) is 146 Å². The normalized spacial score (nSPS) is 17.7. The smallest absolute Gasteiger partial charge is 0.171 e. The highest BCUT2D eigenvalue weighted by atomic mass is 31.2. The zero-order valence-corrected chi connectivity index (χ0v) is 30.4. The fourth-order valence-electron chi connectivity index (χ4n) is 8.09. The molecule has 1 unspecified atom stereocenters. The topological polar surface area (TPSA) is 55.7 Å². The van der Waals surface area contributed by atoms with Crippen molar-refractivity contribution in [2.24, 2.45) is 0 Å². The van der Waals surface area contributed by atoms with Crippen molar-refractivity contribution in [2.75, 3.05) is 0 Å². The Labute approximate surface area is 294 Å². The van der Waals surface area contributed by atoms with Gasteiger partial charge in [0.15, 0.2) is 24.6 Å². The average Bonchev–Trinajstić information content (AvgIpc) is 3.39. The fourth-order valence-corrected chi connectivity index (χ4v) is 14.5. The molecule has 6 heteroatoms. The van der Waals surface area contributed by atoms with Crippen LogP contribution in [0, 0.1) is 0 Å². The van der Waals surface area contributed by atoms with E-state index >= 15 is 4.57 Å². The van der Waals surface area contributed by atoms with Crippen LogP contribution < -0.4 is 26.3 Å². The van der Waals surface area contributed by atoms with Crippen LogP contribution >= 0.6 is 7.14 Å². The van der Waals surface area contributed by atoms with Crippen molar-refractivity contribution in [3.8, 4) is 45.3 Å². The van der Waals surface area contributed by atoms with Crippen LogP contribution in [0.5, 0.6) is 0 Å². The Kier molecular flexibility index (Phi) is 6.87. The number of nitrogens with zero attached hydrogens (tertiary/aromatic N) is 3. The number of benzene rings is 6. The second-order valence-corrected chi connectivity index (χ2v) is 21.5. The first kappa shape index (κ1) is 30.8. The van der Waals surface area contributed by atoms with E-state index in [9.17, 15) is 0 Å². The number of fused-ring (bicyclic) bond motifs is 5. The maximum absolute atomic E-state index is 15.9. The minimum Gasteiger partial charge on any atom is -0.309 e. The summed E-state index contributed by atoms with van der Waals surface area (Å²) in [6.07, 6.45) is 0. The molecule has 3 heterocycles. The molecule has 6 aromatic carbocycles. The average molecular weight is 682 g/mol. The lowest BCUT2D eigenvalue weighted by atomic mass is 9.77. The van der Waals surface area contributed by atoms with Gasteiger partial charge in [-0.15, -0.1) is 0 Å². The van der Waals surface area contributed by atoms with Crippen molar-refractivity contribution < 1.29 is 4.57 Å². The third-order valence-corrected chi connectivity index (χ3v) is 17.5. The Morgan fingerprint density at radius 3 is 1.64 bits per heavy atom. The second kappa shape index (κ2) is 11.1. The minimum absolute atomic E-state index is 0.305. The van der Waals surface area contributed by atoms with Gasteiger partial charge in [-0.25, -0.2) is 15.0 Å². The summed E-state index contributed by atoms with van der Waals surface area (Å²) in [5.41, 5.74) is 7.22. The minimum atomic E-state index is -3.18. The van der Waals surface area contributed by atoms with E-state index in [1.54, 1.807) is 0 Å². The molecule has 242 valence electrons. The molecule has 0 N–H and O–H groups in total. The summed E-state index contributed by atoms with van der Waals surface area (Å²) in [5, 5.41) is 5.54. The van der Waals surface area contributed by atoms with Gasteiger partial charge in [0, 0.05) is 38.0 Å². The fraction of sp³-hybridized carbons (Fsp3) is 0.114. The highest BCUT2D eigenvalue weighted by Crippen LogP contribution is 2.53. The highest BCUT2D eigenvalue weighted by molar-refractivity contribution is 7.85.